The van der Waals surface area contributed by atoms with E-state index in [9.17, 15) is 23.2 Å². The molecule has 1 aliphatic rings. The topological polar surface area (TPSA) is 92.4 Å². The Morgan fingerprint density at radius 1 is 1.19 bits per heavy atom. The fourth-order valence-electron chi connectivity index (χ4n) is 3.81. The predicted octanol–water partition coefficient (Wildman–Crippen LogP) is 4.03. The third-order valence-corrected chi connectivity index (χ3v) is 5.82. The van der Waals surface area contributed by atoms with Crippen LogP contribution in [0.2, 0.25) is 0 Å². The number of hydrogen-bond acceptors (Lipinski definition) is 6. The number of anilines is 1. The number of nitriles is 1. The molecule has 0 spiro atoms. The van der Waals surface area contributed by atoms with E-state index in [0.717, 1.165) is 31.8 Å². The number of hydrogen-bond donors (Lipinski definition) is 1. The van der Waals surface area contributed by atoms with Gasteiger partial charge in [-0.1, -0.05) is 0 Å². The van der Waals surface area contributed by atoms with Gasteiger partial charge in [0.25, 0.3) is 5.91 Å². The van der Waals surface area contributed by atoms with Gasteiger partial charge in [0.05, 0.1) is 47.5 Å². The molecule has 1 amide bonds. The van der Waals surface area contributed by atoms with Crippen LogP contribution in [0.3, 0.4) is 0 Å². The number of nitrogens with zero attached hydrogens (tertiary/aromatic N) is 4. The van der Waals surface area contributed by atoms with Gasteiger partial charge in [0.2, 0.25) is 0 Å². The van der Waals surface area contributed by atoms with Crippen molar-refractivity contribution in [3.8, 4) is 17.5 Å². The van der Waals surface area contributed by atoms with Crippen LogP contribution in [0.4, 0.5) is 18.9 Å². The number of aromatic nitrogens is 2. The van der Waals surface area contributed by atoms with Gasteiger partial charge < -0.3 is 14.8 Å². The molecule has 8 nitrogen and oxygen atoms in total. The largest absolute Gasteiger partial charge is 0.491 e. The molecule has 1 aliphatic heterocycles. The second-order valence-electron chi connectivity index (χ2n) is 8.18. The Hall–Kier alpha value is -3.88. The lowest BCUT2D eigenvalue weighted by atomic mass is 10.1. The molecule has 1 fully saturated rings. The lowest BCUT2D eigenvalue weighted by Crippen LogP contribution is -2.38. The highest BCUT2D eigenvalue weighted by atomic mass is 19.4. The molecule has 4 rings (SSSR count). The summed E-state index contributed by atoms with van der Waals surface area (Å²) in [5.41, 5.74) is 1.02. The molecule has 1 N–H and O–H groups in total. The zero-order valence-corrected chi connectivity index (χ0v) is 19.5. The van der Waals surface area contributed by atoms with E-state index in [1.165, 1.54) is 29.1 Å². The molecule has 0 unspecified atom stereocenters. The van der Waals surface area contributed by atoms with Crippen LogP contribution in [0.1, 0.15) is 27.2 Å². The van der Waals surface area contributed by atoms with Gasteiger partial charge >= 0.3 is 6.18 Å². The lowest BCUT2D eigenvalue weighted by Gasteiger charge is -2.26. The van der Waals surface area contributed by atoms with Gasteiger partial charge in [0.15, 0.2) is 0 Å². The van der Waals surface area contributed by atoms with Crippen LogP contribution >= 0.6 is 0 Å². The van der Waals surface area contributed by atoms with Gasteiger partial charge in [0.1, 0.15) is 18.4 Å². The van der Waals surface area contributed by atoms with Crippen molar-refractivity contribution in [2.75, 3.05) is 44.8 Å². The fraction of sp³-hybridized carbons (Fsp3) is 0.320. The molecule has 0 aliphatic carbocycles. The number of rotatable bonds is 7. The number of ether oxygens (including phenoxy) is 2. The standard InChI is InChI=1S/C25H24F3N5O3/c1-17-22(16-30-33(17)21-5-2-19(3-6-21)25(26,27)28)24(34)31-20-4-7-23(18(14-20)15-29)36-13-10-32-8-11-35-12-9-32/h2-7,14,16H,8-13H2,1H3,(H,31,34). The number of halogens is 3. The maximum atomic E-state index is 12.9. The summed E-state index contributed by atoms with van der Waals surface area (Å²) in [6.07, 6.45) is -3.09. The van der Waals surface area contributed by atoms with E-state index in [1.54, 1.807) is 19.1 Å². The van der Waals surface area contributed by atoms with E-state index >= 15 is 0 Å². The highest BCUT2D eigenvalue weighted by Crippen LogP contribution is 2.30. The second kappa shape index (κ2) is 10.8. The van der Waals surface area contributed by atoms with Gasteiger partial charge in [-0.3, -0.25) is 9.69 Å². The molecule has 188 valence electrons. The van der Waals surface area contributed by atoms with Crippen molar-refractivity contribution < 1.29 is 27.4 Å². The molecule has 0 saturated carbocycles. The number of carbonyl (C=O) groups is 1. The van der Waals surface area contributed by atoms with E-state index in [2.05, 4.69) is 21.4 Å². The number of morpholine rings is 1. The highest BCUT2D eigenvalue weighted by molar-refractivity contribution is 6.05. The van der Waals surface area contributed by atoms with Gasteiger partial charge in [-0.05, 0) is 49.4 Å². The number of amides is 1. The first kappa shape index (κ1) is 25.2. The Morgan fingerprint density at radius 3 is 2.58 bits per heavy atom. The Bertz CT molecular complexity index is 1260. The lowest BCUT2D eigenvalue weighted by molar-refractivity contribution is -0.137. The van der Waals surface area contributed by atoms with Crippen molar-refractivity contribution in [2.45, 2.75) is 13.1 Å². The zero-order chi connectivity index (χ0) is 25.7. The first-order valence-electron chi connectivity index (χ1n) is 11.3. The van der Waals surface area contributed by atoms with E-state index in [0.29, 0.717) is 42.6 Å². The molecular formula is C25H24F3N5O3. The molecule has 1 saturated heterocycles. The van der Waals surface area contributed by atoms with Crippen molar-refractivity contribution >= 4 is 11.6 Å². The minimum absolute atomic E-state index is 0.249. The van der Waals surface area contributed by atoms with Crippen molar-refractivity contribution in [3.05, 3.63) is 71.0 Å². The first-order chi connectivity index (χ1) is 17.3. The molecule has 3 aromatic rings. The summed E-state index contributed by atoms with van der Waals surface area (Å²) in [4.78, 5) is 15.1. The Kier molecular flexibility index (Phi) is 7.57. The summed E-state index contributed by atoms with van der Waals surface area (Å²) >= 11 is 0. The van der Waals surface area contributed by atoms with E-state index < -0.39 is 17.6 Å². The number of benzene rings is 2. The van der Waals surface area contributed by atoms with E-state index in [1.807, 2.05) is 0 Å². The van der Waals surface area contributed by atoms with Gasteiger partial charge in [-0.15, -0.1) is 0 Å². The molecule has 2 aromatic carbocycles. The molecule has 0 radical (unpaired) electrons. The normalized spacial score (nSPS) is 14.3. The Balaban J connectivity index is 1.41. The van der Waals surface area contributed by atoms with Crippen LogP contribution < -0.4 is 10.1 Å². The summed E-state index contributed by atoms with van der Waals surface area (Å²) in [5.74, 6) is -0.0365. The SMILES string of the molecule is Cc1c(C(=O)Nc2ccc(OCCN3CCOCC3)c(C#N)c2)cnn1-c1ccc(C(F)(F)F)cc1. The predicted molar refractivity (Wildman–Crippen MR) is 125 cm³/mol. The van der Waals surface area contributed by atoms with Crippen molar-refractivity contribution in [1.82, 2.24) is 14.7 Å². The smallest absolute Gasteiger partial charge is 0.416 e. The minimum Gasteiger partial charge on any atom is -0.491 e. The van der Waals surface area contributed by atoms with Crippen LogP contribution in [-0.4, -0.2) is 60.0 Å². The molecule has 1 aromatic heterocycles. The van der Waals surface area contributed by atoms with Crippen molar-refractivity contribution in [2.24, 2.45) is 0 Å². The van der Waals surface area contributed by atoms with Crippen LogP contribution in [-0.2, 0) is 10.9 Å². The maximum absolute atomic E-state index is 12.9. The molecular weight excluding hydrogens is 475 g/mol. The third-order valence-electron chi connectivity index (χ3n) is 5.82. The van der Waals surface area contributed by atoms with Crippen LogP contribution in [0.25, 0.3) is 5.69 Å². The number of alkyl halides is 3. The summed E-state index contributed by atoms with van der Waals surface area (Å²) in [6, 6.07) is 11.4. The van der Waals surface area contributed by atoms with Gasteiger partial charge in [0, 0.05) is 25.3 Å². The molecule has 11 heteroatoms. The van der Waals surface area contributed by atoms with Crippen molar-refractivity contribution in [3.63, 3.8) is 0 Å². The first-order valence-corrected chi connectivity index (χ1v) is 11.3. The van der Waals surface area contributed by atoms with Crippen molar-refractivity contribution in [1.29, 1.82) is 5.26 Å². The van der Waals surface area contributed by atoms with E-state index in [-0.39, 0.29) is 11.1 Å². The summed E-state index contributed by atoms with van der Waals surface area (Å²) in [5, 5.41) is 16.4. The highest BCUT2D eigenvalue weighted by Gasteiger charge is 2.30. The number of nitrogens with one attached hydrogen (secondary N) is 1. The molecule has 0 atom stereocenters. The molecule has 0 bridgehead atoms. The number of carbonyl (C=O) groups excluding carboxylic acids is 1. The average molecular weight is 499 g/mol. The average Bonchev–Trinajstić information content (AvgIpc) is 3.26. The zero-order valence-electron chi connectivity index (χ0n) is 19.5. The summed E-state index contributed by atoms with van der Waals surface area (Å²) in [6.45, 7) is 5.85. The van der Waals surface area contributed by atoms with E-state index in [4.69, 9.17) is 9.47 Å². The second-order valence-corrected chi connectivity index (χ2v) is 8.18. The van der Waals surface area contributed by atoms with Crippen LogP contribution in [0.5, 0.6) is 5.75 Å². The third kappa shape index (κ3) is 5.84. The van der Waals surface area contributed by atoms with Crippen LogP contribution in [0, 0.1) is 18.3 Å². The van der Waals surface area contributed by atoms with Crippen LogP contribution in [0.15, 0.2) is 48.7 Å². The maximum Gasteiger partial charge on any atom is 0.416 e. The summed E-state index contributed by atoms with van der Waals surface area (Å²) in [7, 11) is 0. The Labute approximate surface area is 205 Å². The fourth-order valence-corrected chi connectivity index (χ4v) is 3.81. The Morgan fingerprint density at radius 2 is 1.92 bits per heavy atom. The summed E-state index contributed by atoms with van der Waals surface area (Å²) < 4.78 is 51.0. The van der Waals surface area contributed by atoms with Gasteiger partial charge in [-0.2, -0.15) is 23.5 Å². The quantitative estimate of drug-likeness (QED) is 0.528. The molecule has 2 heterocycles. The van der Waals surface area contributed by atoms with Gasteiger partial charge in [-0.25, -0.2) is 4.68 Å². The monoisotopic (exact) mass is 499 g/mol. The molecule has 36 heavy (non-hydrogen) atoms. The minimum atomic E-state index is -4.44.